The second-order valence-corrected chi connectivity index (χ2v) is 14.4. The average molecular weight is 585 g/mol. The third-order valence-corrected chi connectivity index (χ3v) is 9.71. The third-order valence-electron chi connectivity index (χ3n) is 8.24. The molecule has 0 aliphatic carbocycles. The summed E-state index contributed by atoms with van der Waals surface area (Å²) in [5.74, 6) is 0. The lowest BCUT2D eigenvalue weighted by Gasteiger charge is -2.12. The van der Waals surface area contributed by atoms with Gasteiger partial charge in [-0.1, -0.05) is 180 Å². The molecular weight excluding hydrogens is 511 g/mol. The van der Waals surface area contributed by atoms with Gasteiger partial charge in [-0.2, -0.15) is 0 Å². The van der Waals surface area contributed by atoms with Gasteiger partial charge in [-0.15, -0.1) is 0 Å². The van der Waals surface area contributed by atoms with E-state index in [1.807, 2.05) is 0 Å². The van der Waals surface area contributed by atoms with Crippen LogP contribution in [-0.2, 0) is 9.09 Å². The molecule has 0 fully saturated rings. The Balaban J connectivity index is 3.31. The van der Waals surface area contributed by atoms with E-state index in [1.165, 1.54) is 167 Å². The van der Waals surface area contributed by atoms with E-state index < -0.39 is 7.60 Å². The molecule has 0 saturated heterocycles. The lowest BCUT2D eigenvalue weighted by atomic mass is 10.0. The molecule has 0 aliphatic rings. The van der Waals surface area contributed by atoms with Crippen LogP contribution in [0.1, 0.15) is 206 Å². The summed E-state index contributed by atoms with van der Waals surface area (Å²) in [6.45, 7) is 4.99. The highest BCUT2D eigenvalue weighted by Gasteiger charge is 2.17. The summed E-state index contributed by atoms with van der Waals surface area (Å²) in [6.07, 6.45) is 44.0. The van der Waals surface area contributed by atoms with E-state index in [1.54, 1.807) is 0 Å². The molecule has 1 unspecified atom stereocenters. The number of rotatable bonds is 34. The van der Waals surface area contributed by atoms with Gasteiger partial charge < -0.3 is 9.42 Å². The summed E-state index contributed by atoms with van der Waals surface area (Å²) in [5.41, 5.74) is 0. The molecule has 0 rings (SSSR count). The first kappa shape index (κ1) is 39.9. The lowest BCUT2D eigenvalue weighted by Crippen LogP contribution is -1.97. The van der Waals surface area contributed by atoms with Crippen molar-refractivity contribution < 1.29 is 14.0 Å². The second kappa shape index (κ2) is 33.4. The van der Waals surface area contributed by atoms with Gasteiger partial charge in [-0.3, -0.25) is 4.57 Å². The van der Waals surface area contributed by atoms with Gasteiger partial charge in [0.15, 0.2) is 0 Å². The predicted octanol–water partition coefficient (Wildman–Crippen LogP) is 13.5. The van der Waals surface area contributed by atoms with Crippen LogP contribution in [0.25, 0.3) is 0 Å². The van der Waals surface area contributed by atoms with Crippen molar-refractivity contribution in [2.24, 2.45) is 0 Å². The molecule has 1 N–H and O–H groups in total. The van der Waals surface area contributed by atoms with Gasteiger partial charge in [0.25, 0.3) is 0 Å². The molecule has 40 heavy (non-hydrogen) atoms. The molecule has 0 aromatic rings. The molecule has 0 aromatic heterocycles. The molecule has 0 saturated carbocycles. The summed E-state index contributed by atoms with van der Waals surface area (Å²) in [6, 6.07) is 0. The Morgan fingerprint density at radius 1 is 0.450 bits per heavy atom. The summed E-state index contributed by atoms with van der Waals surface area (Å²) in [4.78, 5) is 10.1. The van der Waals surface area contributed by atoms with Crippen LogP contribution in [-0.4, -0.2) is 17.7 Å². The van der Waals surface area contributed by atoms with Crippen LogP contribution in [0.5, 0.6) is 0 Å². The van der Waals surface area contributed by atoms with Gasteiger partial charge in [0.05, 0.1) is 6.61 Å². The normalized spacial score (nSPS) is 13.4. The van der Waals surface area contributed by atoms with E-state index >= 15 is 0 Å². The van der Waals surface area contributed by atoms with Crippen molar-refractivity contribution in [1.29, 1.82) is 0 Å². The van der Waals surface area contributed by atoms with Crippen molar-refractivity contribution in [2.75, 3.05) is 12.8 Å². The summed E-state index contributed by atoms with van der Waals surface area (Å²) < 4.78 is 17.6. The van der Waals surface area contributed by atoms with Crippen LogP contribution in [0, 0.1) is 0 Å². The smallest absolute Gasteiger partial charge is 0.324 e. The monoisotopic (exact) mass is 585 g/mol. The molecule has 3 nitrogen and oxygen atoms in total. The highest BCUT2D eigenvalue weighted by molar-refractivity contribution is 7.52. The Labute approximate surface area is 252 Å². The highest BCUT2D eigenvalue weighted by atomic mass is 31.2. The van der Waals surface area contributed by atoms with E-state index in [2.05, 4.69) is 26.0 Å². The molecular formula is C36H73O3P. The maximum Gasteiger partial charge on any atom is 0.328 e. The van der Waals surface area contributed by atoms with Crippen molar-refractivity contribution in [3.63, 3.8) is 0 Å². The standard InChI is InChI=1S/C36H73O3P/c1-3-5-7-9-11-13-15-17-19-21-23-25-27-29-31-33-35-39-40(37,38)36-34-32-30-28-26-24-22-20-18-16-14-12-10-8-6-4-2/h17,19H,3-16,18,20-36H2,1-2H3,(H,37,38)/b19-17-. The minimum atomic E-state index is -3.38. The fraction of sp³-hybridized carbons (Fsp3) is 0.944. The van der Waals surface area contributed by atoms with Crippen molar-refractivity contribution in [3.05, 3.63) is 12.2 Å². The first-order chi connectivity index (χ1) is 19.6. The molecule has 240 valence electrons. The lowest BCUT2D eigenvalue weighted by molar-refractivity contribution is 0.252. The minimum absolute atomic E-state index is 0.331. The second-order valence-electron chi connectivity index (χ2n) is 12.4. The molecule has 0 radical (unpaired) electrons. The first-order valence-electron chi connectivity index (χ1n) is 18.2. The van der Waals surface area contributed by atoms with Crippen LogP contribution < -0.4 is 0 Å². The van der Waals surface area contributed by atoms with Crippen molar-refractivity contribution in [2.45, 2.75) is 206 Å². The van der Waals surface area contributed by atoms with Gasteiger partial charge in [0.2, 0.25) is 0 Å². The SMILES string of the molecule is CCCCCCCC/C=C\CCCCCCCCOP(=O)(O)CCCCCCCCCCCCCCCCCC. The molecule has 0 aliphatic heterocycles. The molecule has 0 aromatic carbocycles. The van der Waals surface area contributed by atoms with Gasteiger partial charge >= 0.3 is 7.60 Å². The average Bonchev–Trinajstić information content (AvgIpc) is 2.94. The Kier molecular flexibility index (Phi) is 33.3. The number of hydrogen-bond donors (Lipinski definition) is 1. The fourth-order valence-corrected chi connectivity index (χ4v) is 6.65. The molecule has 0 heterocycles. The Bertz CT molecular complexity index is 548. The molecule has 0 amide bonds. The van der Waals surface area contributed by atoms with E-state index in [0.717, 1.165) is 25.7 Å². The summed E-state index contributed by atoms with van der Waals surface area (Å²) >= 11 is 0. The molecule has 1 atom stereocenters. The van der Waals surface area contributed by atoms with Crippen LogP contribution in [0.4, 0.5) is 0 Å². The number of allylic oxidation sites excluding steroid dienone is 2. The van der Waals surface area contributed by atoms with Gasteiger partial charge in [-0.05, 0) is 38.5 Å². The maximum absolute atomic E-state index is 12.2. The largest absolute Gasteiger partial charge is 0.328 e. The maximum atomic E-state index is 12.2. The molecule has 0 bridgehead atoms. The van der Waals surface area contributed by atoms with Crippen molar-refractivity contribution >= 4 is 7.60 Å². The Hall–Kier alpha value is -0.110. The summed E-state index contributed by atoms with van der Waals surface area (Å²) in [5, 5.41) is 0. The van der Waals surface area contributed by atoms with Crippen molar-refractivity contribution in [3.8, 4) is 0 Å². The number of unbranched alkanes of at least 4 members (excludes halogenated alkanes) is 27. The zero-order chi connectivity index (χ0) is 29.2. The number of hydrogen-bond acceptors (Lipinski definition) is 2. The van der Waals surface area contributed by atoms with Crippen LogP contribution in [0.3, 0.4) is 0 Å². The first-order valence-corrected chi connectivity index (χ1v) is 20.0. The van der Waals surface area contributed by atoms with Crippen LogP contribution in [0.15, 0.2) is 12.2 Å². The van der Waals surface area contributed by atoms with Gasteiger partial charge in [-0.25, -0.2) is 0 Å². The van der Waals surface area contributed by atoms with E-state index in [-0.39, 0.29) is 0 Å². The van der Waals surface area contributed by atoms with Crippen LogP contribution in [0.2, 0.25) is 0 Å². The van der Waals surface area contributed by atoms with E-state index in [9.17, 15) is 9.46 Å². The zero-order valence-electron chi connectivity index (χ0n) is 27.5. The van der Waals surface area contributed by atoms with Crippen LogP contribution >= 0.6 is 7.60 Å². The predicted molar refractivity (Wildman–Crippen MR) is 180 cm³/mol. The van der Waals surface area contributed by atoms with E-state index in [0.29, 0.717) is 12.8 Å². The van der Waals surface area contributed by atoms with Crippen molar-refractivity contribution in [1.82, 2.24) is 0 Å². The highest BCUT2D eigenvalue weighted by Crippen LogP contribution is 2.43. The topological polar surface area (TPSA) is 46.5 Å². The molecule has 4 heteroatoms. The van der Waals surface area contributed by atoms with Gasteiger partial charge in [0, 0.05) is 6.16 Å². The minimum Gasteiger partial charge on any atom is -0.324 e. The van der Waals surface area contributed by atoms with Gasteiger partial charge in [0.1, 0.15) is 0 Å². The Morgan fingerprint density at radius 3 is 1.12 bits per heavy atom. The molecule has 0 spiro atoms. The Morgan fingerprint density at radius 2 is 0.750 bits per heavy atom. The zero-order valence-corrected chi connectivity index (χ0v) is 28.4. The third kappa shape index (κ3) is 34.1. The summed E-state index contributed by atoms with van der Waals surface area (Å²) in [7, 11) is -3.38. The fourth-order valence-electron chi connectivity index (χ4n) is 5.48. The van der Waals surface area contributed by atoms with E-state index in [4.69, 9.17) is 4.52 Å². The quantitative estimate of drug-likeness (QED) is 0.0465.